The minimum Gasteiger partial charge on any atom is -0.480 e. The third-order valence-electron chi connectivity index (χ3n) is 3.27. The molecule has 0 radical (unpaired) electrons. The van der Waals surface area contributed by atoms with E-state index in [1.807, 2.05) is 0 Å². The summed E-state index contributed by atoms with van der Waals surface area (Å²) in [6.07, 6.45) is 3.81. The Morgan fingerprint density at radius 3 is 2.85 bits per heavy atom. The van der Waals surface area contributed by atoms with Crippen LogP contribution in [0.15, 0.2) is 0 Å². The van der Waals surface area contributed by atoms with Crippen LogP contribution in [0.3, 0.4) is 0 Å². The van der Waals surface area contributed by atoms with Gasteiger partial charge in [-0.15, -0.1) is 0 Å². The van der Waals surface area contributed by atoms with E-state index in [0.717, 1.165) is 25.7 Å². The highest BCUT2D eigenvalue weighted by Crippen LogP contribution is 2.32. The molecule has 0 bridgehead atoms. The molecular weight excluding hydrogens is 168 g/mol. The van der Waals surface area contributed by atoms with Gasteiger partial charge in [0.2, 0.25) is 0 Å². The number of carboxylic acids is 1. The van der Waals surface area contributed by atoms with Crippen LogP contribution in [0, 0.1) is 5.92 Å². The summed E-state index contributed by atoms with van der Waals surface area (Å²) in [6, 6.07) is 0.358. The Labute approximate surface area is 77.5 Å². The Bertz CT molecular complexity index is 220. The Morgan fingerprint density at radius 1 is 1.38 bits per heavy atom. The lowest BCUT2D eigenvalue weighted by atomic mass is 9.82. The third kappa shape index (κ3) is 1.69. The molecule has 4 atom stereocenters. The van der Waals surface area contributed by atoms with Crippen LogP contribution >= 0.6 is 0 Å². The molecule has 0 aromatic heterocycles. The molecule has 1 aliphatic carbocycles. The van der Waals surface area contributed by atoms with E-state index in [2.05, 4.69) is 5.32 Å². The Hall–Kier alpha value is -0.610. The van der Waals surface area contributed by atoms with Gasteiger partial charge in [0.05, 0.1) is 0 Å². The van der Waals surface area contributed by atoms with Gasteiger partial charge in [0.25, 0.3) is 0 Å². The van der Waals surface area contributed by atoms with Crippen molar-refractivity contribution in [3.05, 3.63) is 0 Å². The smallest absolute Gasteiger partial charge is 0.320 e. The van der Waals surface area contributed by atoms with Gasteiger partial charge >= 0.3 is 5.97 Å². The maximum atomic E-state index is 10.7. The van der Waals surface area contributed by atoms with Crippen molar-refractivity contribution in [3.63, 3.8) is 0 Å². The van der Waals surface area contributed by atoms with E-state index in [1.54, 1.807) is 0 Å². The van der Waals surface area contributed by atoms with Gasteiger partial charge in [-0.05, 0) is 31.6 Å². The van der Waals surface area contributed by atoms with Crippen LogP contribution in [0.1, 0.15) is 25.7 Å². The van der Waals surface area contributed by atoms with Gasteiger partial charge in [-0.25, -0.2) is 0 Å². The zero-order chi connectivity index (χ0) is 9.42. The summed E-state index contributed by atoms with van der Waals surface area (Å²) in [5.41, 5.74) is 5.84. The molecule has 4 heteroatoms. The molecule has 1 heterocycles. The lowest BCUT2D eigenvalue weighted by Crippen LogP contribution is -2.40. The number of carboxylic acid groups (broad SMARTS) is 1. The summed E-state index contributed by atoms with van der Waals surface area (Å²) in [6.45, 7) is 0. The van der Waals surface area contributed by atoms with Crippen LogP contribution in [-0.2, 0) is 4.79 Å². The second-order valence-corrected chi connectivity index (χ2v) is 4.23. The monoisotopic (exact) mass is 184 g/mol. The van der Waals surface area contributed by atoms with Gasteiger partial charge in [0.1, 0.15) is 6.04 Å². The lowest BCUT2D eigenvalue weighted by Gasteiger charge is -2.28. The number of nitrogens with one attached hydrogen (secondary N) is 1. The SMILES string of the molecule is NC1CCC2NC(C(=O)O)CC2C1. The Kier molecular flexibility index (Phi) is 2.26. The average molecular weight is 184 g/mol. The predicted molar refractivity (Wildman–Crippen MR) is 48.3 cm³/mol. The maximum absolute atomic E-state index is 10.7. The molecule has 2 aliphatic rings. The van der Waals surface area contributed by atoms with Crippen molar-refractivity contribution in [1.82, 2.24) is 5.32 Å². The number of carbonyl (C=O) groups is 1. The van der Waals surface area contributed by atoms with Crippen LogP contribution in [-0.4, -0.2) is 29.2 Å². The molecule has 0 aromatic rings. The highest BCUT2D eigenvalue weighted by Gasteiger charge is 2.39. The Morgan fingerprint density at radius 2 is 2.15 bits per heavy atom. The third-order valence-corrected chi connectivity index (χ3v) is 3.27. The van der Waals surface area contributed by atoms with E-state index < -0.39 is 5.97 Å². The number of aliphatic carboxylic acids is 1. The zero-order valence-electron chi connectivity index (χ0n) is 7.57. The van der Waals surface area contributed by atoms with Crippen LogP contribution in [0.5, 0.6) is 0 Å². The van der Waals surface area contributed by atoms with E-state index in [9.17, 15) is 4.79 Å². The maximum Gasteiger partial charge on any atom is 0.320 e. The number of fused-ring (bicyclic) bond motifs is 1. The molecule has 4 unspecified atom stereocenters. The largest absolute Gasteiger partial charge is 0.480 e. The minimum absolute atomic E-state index is 0.288. The summed E-state index contributed by atoms with van der Waals surface area (Å²) in [5.74, 6) is -0.229. The quantitative estimate of drug-likeness (QED) is 0.533. The first kappa shape index (κ1) is 8.97. The van der Waals surface area contributed by atoms with Crippen molar-refractivity contribution in [1.29, 1.82) is 0 Å². The highest BCUT2D eigenvalue weighted by atomic mass is 16.4. The van der Waals surface area contributed by atoms with Gasteiger partial charge < -0.3 is 16.2 Å². The van der Waals surface area contributed by atoms with Crippen molar-refractivity contribution in [2.45, 2.75) is 43.8 Å². The first-order valence-electron chi connectivity index (χ1n) is 4.91. The minimum atomic E-state index is -0.719. The van der Waals surface area contributed by atoms with Gasteiger partial charge in [-0.3, -0.25) is 4.79 Å². The zero-order valence-corrected chi connectivity index (χ0v) is 7.57. The molecular formula is C9H16N2O2. The summed E-state index contributed by atoms with van der Waals surface area (Å²) in [4.78, 5) is 10.7. The van der Waals surface area contributed by atoms with Crippen LogP contribution in [0.4, 0.5) is 0 Å². The van der Waals surface area contributed by atoms with Crippen molar-refractivity contribution >= 4 is 5.97 Å². The molecule has 4 N–H and O–H groups in total. The molecule has 2 fully saturated rings. The van der Waals surface area contributed by atoms with Crippen molar-refractivity contribution < 1.29 is 9.90 Å². The summed E-state index contributed by atoms with van der Waals surface area (Å²) in [7, 11) is 0. The van der Waals surface area contributed by atoms with E-state index in [1.165, 1.54) is 0 Å². The molecule has 1 saturated heterocycles. The fourth-order valence-corrected chi connectivity index (χ4v) is 2.58. The summed E-state index contributed by atoms with van der Waals surface area (Å²) in [5, 5.41) is 12.0. The standard InChI is InChI=1S/C9H16N2O2/c10-6-1-2-7-5(3-6)4-8(11-7)9(12)13/h5-8,11H,1-4,10H2,(H,12,13). The molecule has 13 heavy (non-hydrogen) atoms. The Balaban J connectivity index is 1.98. The summed E-state index contributed by atoms with van der Waals surface area (Å²) >= 11 is 0. The van der Waals surface area contributed by atoms with E-state index in [-0.39, 0.29) is 12.1 Å². The number of rotatable bonds is 1. The molecule has 0 amide bonds. The predicted octanol–water partition coefficient (Wildman–Crippen LogP) is -0.0711. The fourth-order valence-electron chi connectivity index (χ4n) is 2.58. The highest BCUT2D eigenvalue weighted by molar-refractivity contribution is 5.74. The van der Waals surface area contributed by atoms with Crippen molar-refractivity contribution in [3.8, 4) is 0 Å². The topological polar surface area (TPSA) is 75.3 Å². The number of nitrogens with two attached hydrogens (primary N) is 1. The second kappa shape index (κ2) is 3.27. The molecule has 4 nitrogen and oxygen atoms in total. The van der Waals surface area contributed by atoms with E-state index >= 15 is 0 Å². The van der Waals surface area contributed by atoms with Crippen LogP contribution < -0.4 is 11.1 Å². The van der Waals surface area contributed by atoms with E-state index in [0.29, 0.717) is 12.0 Å². The molecule has 0 aromatic carbocycles. The van der Waals surface area contributed by atoms with Crippen molar-refractivity contribution in [2.75, 3.05) is 0 Å². The summed E-state index contributed by atoms with van der Waals surface area (Å²) < 4.78 is 0. The van der Waals surface area contributed by atoms with Gasteiger partial charge in [0, 0.05) is 12.1 Å². The molecule has 0 spiro atoms. The number of hydrogen-bond acceptors (Lipinski definition) is 3. The van der Waals surface area contributed by atoms with Crippen LogP contribution in [0.2, 0.25) is 0 Å². The average Bonchev–Trinajstić information content (AvgIpc) is 2.46. The van der Waals surface area contributed by atoms with Gasteiger partial charge in [-0.2, -0.15) is 0 Å². The number of hydrogen-bond donors (Lipinski definition) is 3. The normalized spacial score (nSPS) is 44.4. The van der Waals surface area contributed by atoms with Crippen LogP contribution in [0.25, 0.3) is 0 Å². The molecule has 1 saturated carbocycles. The molecule has 1 aliphatic heterocycles. The molecule has 2 rings (SSSR count). The second-order valence-electron chi connectivity index (χ2n) is 4.23. The molecule has 74 valence electrons. The fraction of sp³-hybridized carbons (Fsp3) is 0.889. The lowest BCUT2D eigenvalue weighted by molar-refractivity contribution is -0.139. The van der Waals surface area contributed by atoms with E-state index in [4.69, 9.17) is 10.8 Å². The first-order valence-corrected chi connectivity index (χ1v) is 4.91. The first-order chi connectivity index (χ1) is 6.16. The van der Waals surface area contributed by atoms with Crippen molar-refractivity contribution in [2.24, 2.45) is 11.7 Å². The van der Waals surface area contributed by atoms with Gasteiger partial charge in [0.15, 0.2) is 0 Å². The van der Waals surface area contributed by atoms with Gasteiger partial charge in [-0.1, -0.05) is 0 Å².